The lowest BCUT2D eigenvalue weighted by atomic mass is 10.3. The summed E-state index contributed by atoms with van der Waals surface area (Å²) in [5.74, 6) is 0.105. The van der Waals surface area contributed by atoms with Crippen LogP contribution in [0.25, 0.3) is 0 Å². The number of aromatic nitrogens is 2. The summed E-state index contributed by atoms with van der Waals surface area (Å²) in [5, 5.41) is 9.03. The van der Waals surface area contributed by atoms with Crippen LogP contribution in [0.1, 0.15) is 11.4 Å². The van der Waals surface area contributed by atoms with Gasteiger partial charge < -0.3 is 10.1 Å². The van der Waals surface area contributed by atoms with Gasteiger partial charge in [-0.3, -0.25) is 9.89 Å². The maximum absolute atomic E-state index is 12.2. The molecule has 0 aliphatic rings. The van der Waals surface area contributed by atoms with E-state index in [1.165, 1.54) is 7.11 Å². The van der Waals surface area contributed by atoms with Crippen LogP contribution >= 0.6 is 0 Å². The number of anilines is 1. The Morgan fingerprint density at radius 2 is 2.09 bits per heavy atom. The molecule has 0 spiro atoms. The molecule has 0 bridgehead atoms. The quantitative estimate of drug-likeness (QED) is 0.726. The minimum Gasteiger partial charge on any atom is -0.497 e. The van der Waals surface area contributed by atoms with Crippen LogP contribution in [-0.2, 0) is 14.8 Å². The Labute approximate surface area is 134 Å². The predicted molar refractivity (Wildman–Crippen MR) is 84.9 cm³/mol. The Balaban J connectivity index is 2.01. The number of methoxy groups -OCH3 is 1. The smallest absolute Gasteiger partial charge is 0.244 e. The van der Waals surface area contributed by atoms with Crippen molar-refractivity contribution in [3.05, 3.63) is 35.7 Å². The molecule has 0 atom stereocenters. The first-order valence-electron chi connectivity index (χ1n) is 6.78. The second kappa shape index (κ2) is 6.80. The highest BCUT2D eigenvalue weighted by Crippen LogP contribution is 2.17. The zero-order valence-electron chi connectivity index (χ0n) is 13.0. The van der Waals surface area contributed by atoms with E-state index in [1.807, 2.05) is 0 Å². The van der Waals surface area contributed by atoms with E-state index in [1.54, 1.807) is 38.1 Å². The van der Waals surface area contributed by atoms with Crippen molar-refractivity contribution in [1.29, 1.82) is 0 Å². The molecule has 2 aromatic rings. The molecule has 0 fully saturated rings. The number of nitrogens with zero attached hydrogens (tertiary/aromatic N) is 1. The van der Waals surface area contributed by atoms with Crippen LogP contribution in [-0.4, -0.2) is 38.2 Å². The molecular formula is C14H18N4O4S. The summed E-state index contributed by atoms with van der Waals surface area (Å²) >= 11 is 0. The molecule has 1 aromatic heterocycles. The van der Waals surface area contributed by atoms with Gasteiger partial charge in [0.1, 0.15) is 10.6 Å². The predicted octanol–water partition coefficient (Wildman–Crippen LogP) is 0.952. The second-order valence-electron chi connectivity index (χ2n) is 4.87. The highest BCUT2D eigenvalue weighted by molar-refractivity contribution is 7.89. The number of ether oxygens (including phenoxy) is 1. The zero-order valence-corrected chi connectivity index (χ0v) is 13.8. The lowest BCUT2D eigenvalue weighted by Crippen LogP contribution is -2.33. The molecule has 3 N–H and O–H groups in total. The standard InChI is InChI=1S/C14H18N4O4S/c1-9-14(10(2)18-17-9)23(20,21)15-8-13(19)16-11-5-4-6-12(7-11)22-3/h4-7,15H,8H2,1-3H3,(H,16,19)(H,17,18). The first kappa shape index (κ1) is 17.0. The number of sulfonamides is 1. The third-order valence-corrected chi connectivity index (χ3v) is 4.77. The molecule has 124 valence electrons. The van der Waals surface area contributed by atoms with Gasteiger partial charge in [0, 0.05) is 11.8 Å². The van der Waals surface area contributed by atoms with Crippen LogP contribution < -0.4 is 14.8 Å². The average molecular weight is 338 g/mol. The van der Waals surface area contributed by atoms with Gasteiger partial charge >= 0.3 is 0 Å². The minimum atomic E-state index is -3.81. The summed E-state index contributed by atoms with van der Waals surface area (Å²) in [6, 6.07) is 6.77. The molecule has 8 nitrogen and oxygen atoms in total. The van der Waals surface area contributed by atoms with E-state index in [0.29, 0.717) is 22.8 Å². The van der Waals surface area contributed by atoms with Crippen LogP contribution in [0.3, 0.4) is 0 Å². The molecule has 23 heavy (non-hydrogen) atoms. The molecule has 0 aliphatic heterocycles. The Hall–Kier alpha value is -2.39. The van der Waals surface area contributed by atoms with Gasteiger partial charge in [-0.2, -0.15) is 5.10 Å². The molecule has 0 aliphatic carbocycles. The lowest BCUT2D eigenvalue weighted by molar-refractivity contribution is -0.115. The van der Waals surface area contributed by atoms with Gasteiger partial charge in [-0.15, -0.1) is 0 Å². The first-order chi connectivity index (χ1) is 10.8. The van der Waals surface area contributed by atoms with Crippen molar-refractivity contribution in [2.24, 2.45) is 0 Å². The summed E-state index contributed by atoms with van der Waals surface area (Å²) in [4.78, 5) is 12.0. The molecule has 2 rings (SSSR count). The number of carbonyl (C=O) groups excluding carboxylic acids is 1. The molecule has 0 saturated carbocycles. The fourth-order valence-electron chi connectivity index (χ4n) is 2.08. The summed E-state index contributed by atoms with van der Waals surface area (Å²) in [7, 11) is -2.29. The number of benzene rings is 1. The Bertz CT molecular complexity index is 794. The van der Waals surface area contributed by atoms with E-state index in [2.05, 4.69) is 20.2 Å². The third-order valence-electron chi connectivity index (χ3n) is 3.11. The summed E-state index contributed by atoms with van der Waals surface area (Å²) < 4.78 is 31.8. The SMILES string of the molecule is COc1cccc(NC(=O)CNS(=O)(=O)c2c(C)n[nH]c2C)c1. The van der Waals surface area contributed by atoms with E-state index < -0.39 is 15.9 Å². The van der Waals surface area contributed by atoms with E-state index in [-0.39, 0.29) is 11.4 Å². The Morgan fingerprint density at radius 1 is 1.35 bits per heavy atom. The lowest BCUT2D eigenvalue weighted by Gasteiger charge is -2.09. The average Bonchev–Trinajstić information content (AvgIpc) is 2.85. The number of aryl methyl sites for hydroxylation is 2. The largest absolute Gasteiger partial charge is 0.497 e. The number of nitrogens with one attached hydrogen (secondary N) is 3. The fourth-order valence-corrected chi connectivity index (χ4v) is 3.42. The molecule has 0 radical (unpaired) electrons. The number of H-pyrrole nitrogens is 1. The van der Waals surface area contributed by atoms with Crippen molar-refractivity contribution in [2.75, 3.05) is 19.0 Å². The van der Waals surface area contributed by atoms with E-state index >= 15 is 0 Å². The number of carbonyl (C=O) groups is 1. The fraction of sp³-hybridized carbons (Fsp3) is 0.286. The van der Waals surface area contributed by atoms with E-state index in [0.717, 1.165) is 0 Å². The van der Waals surface area contributed by atoms with Crippen molar-refractivity contribution < 1.29 is 17.9 Å². The molecule has 9 heteroatoms. The van der Waals surface area contributed by atoms with Crippen LogP contribution in [0.2, 0.25) is 0 Å². The number of hydrogen-bond acceptors (Lipinski definition) is 5. The molecular weight excluding hydrogens is 320 g/mol. The van der Waals surface area contributed by atoms with Crippen molar-refractivity contribution in [2.45, 2.75) is 18.7 Å². The van der Waals surface area contributed by atoms with E-state index in [4.69, 9.17) is 4.74 Å². The van der Waals surface area contributed by atoms with Crippen molar-refractivity contribution in [3.8, 4) is 5.75 Å². The van der Waals surface area contributed by atoms with Gasteiger partial charge in [-0.1, -0.05) is 6.07 Å². The van der Waals surface area contributed by atoms with Crippen molar-refractivity contribution >= 4 is 21.6 Å². The van der Waals surface area contributed by atoms with Crippen LogP contribution in [0.4, 0.5) is 5.69 Å². The minimum absolute atomic E-state index is 0.0617. The normalized spacial score (nSPS) is 11.3. The number of rotatable bonds is 6. The van der Waals surface area contributed by atoms with Crippen LogP contribution in [0, 0.1) is 13.8 Å². The number of amides is 1. The van der Waals surface area contributed by atoms with Gasteiger partial charge in [-0.25, -0.2) is 13.1 Å². The molecule has 1 amide bonds. The first-order valence-corrected chi connectivity index (χ1v) is 8.27. The van der Waals surface area contributed by atoms with Gasteiger partial charge in [-0.05, 0) is 26.0 Å². The topological polar surface area (TPSA) is 113 Å². The molecule has 1 aromatic carbocycles. The number of hydrogen-bond donors (Lipinski definition) is 3. The highest BCUT2D eigenvalue weighted by Gasteiger charge is 2.22. The maximum Gasteiger partial charge on any atom is 0.244 e. The number of aromatic amines is 1. The maximum atomic E-state index is 12.2. The summed E-state index contributed by atoms with van der Waals surface area (Å²) in [6.45, 7) is 2.79. The Kier molecular flexibility index (Phi) is 5.02. The van der Waals surface area contributed by atoms with Crippen LogP contribution in [0.5, 0.6) is 5.75 Å². The Morgan fingerprint density at radius 3 is 2.70 bits per heavy atom. The third kappa shape index (κ3) is 4.08. The van der Waals surface area contributed by atoms with Crippen molar-refractivity contribution in [3.63, 3.8) is 0 Å². The van der Waals surface area contributed by atoms with Crippen LogP contribution in [0.15, 0.2) is 29.2 Å². The van der Waals surface area contributed by atoms with Crippen molar-refractivity contribution in [1.82, 2.24) is 14.9 Å². The van der Waals surface area contributed by atoms with Gasteiger partial charge in [0.25, 0.3) is 0 Å². The molecule has 0 saturated heterocycles. The van der Waals surface area contributed by atoms with E-state index in [9.17, 15) is 13.2 Å². The van der Waals surface area contributed by atoms with Gasteiger partial charge in [0.05, 0.1) is 25.0 Å². The van der Waals surface area contributed by atoms with Gasteiger partial charge in [0.2, 0.25) is 15.9 Å². The molecule has 1 heterocycles. The second-order valence-corrected chi connectivity index (χ2v) is 6.57. The monoisotopic (exact) mass is 338 g/mol. The molecule has 0 unspecified atom stereocenters. The summed E-state index contributed by atoms with van der Waals surface area (Å²) in [5.41, 5.74) is 1.29. The summed E-state index contributed by atoms with van der Waals surface area (Å²) in [6.07, 6.45) is 0. The highest BCUT2D eigenvalue weighted by atomic mass is 32.2. The van der Waals surface area contributed by atoms with Gasteiger partial charge in [0.15, 0.2) is 0 Å². The zero-order chi connectivity index (χ0) is 17.0.